The van der Waals surface area contributed by atoms with Crippen LogP contribution in [0.4, 0.5) is 0 Å². The number of amides is 2. The molecule has 0 saturated heterocycles. The summed E-state index contributed by atoms with van der Waals surface area (Å²) in [5, 5.41) is 2.97. The van der Waals surface area contributed by atoms with Gasteiger partial charge in [-0.25, -0.2) is 8.42 Å². The van der Waals surface area contributed by atoms with Crippen LogP contribution >= 0.6 is 0 Å². The zero-order valence-electron chi connectivity index (χ0n) is 23.8. The van der Waals surface area contributed by atoms with Crippen molar-refractivity contribution in [1.82, 2.24) is 14.5 Å². The summed E-state index contributed by atoms with van der Waals surface area (Å²) < 4.78 is 37.6. The number of carbonyl (C=O) groups excluding carboxylic acids is 2. The van der Waals surface area contributed by atoms with Crippen LogP contribution < -0.4 is 14.8 Å². The summed E-state index contributed by atoms with van der Waals surface area (Å²) in [6.45, 7) is 0.0259. The van der Waals surface area contributed by atoms with Crippen LogP contribution in [-0.4, -0.2) is 49.0 Å². The molecule has 0 bridgehead atoms. The third kappa shape index (κ3) is 7.79. The van der Waals surface area contributed by atoms with Crippen molar-refractivity contribution in [3.63, 3.8) is 0 Å². The smallest absolute Gasteiger partial charge is 0.247 e. The minimum Gasteiger partial charge on any atom is -0.454 e. The fourth-order valence-corrected chi connectivity index (χ4v) is 5.60. The van der Waals surface area contributed by atoms with Gasteiger partial charge >= 0.3 is 0 Å². The average Bonchev–Trinajstić information content (AvgIpc) is 3.48. The minimum atomic E-state index is -3.76. The third-order valence-corrected chi connectivity index (χ3v) is 8.27. The Kier molecular flexibility index (Phi) is 9.38. The highest BCUT2D eigenvalue weighted by Gasteiger charge is 2.33. The second kappa shape index (κ2) is 13.5. The number of sulfonamides is 1. The number of benzene rings is 4. The summed E-state index contributed by atoms with van der Waals surface area (Å²) in [5.41, 5.74) is 2.95. The Balaban J connectivity index is 1.45. The third-order valence-electron chi connectivity index (χ3n) is 7.08. The van der Waals surface area contributed by atoms with Crippen molar-refractivity contribution in [1.29, 1.82) is 0 Å². The first kappa shape index (κ1) is 29.8. The molecule has 1 unspecified atom stereocenters. The van der Waals surface area contributed by atoms with Crippen molar-refractivity contribution in [2.75, 3.05) is 19.6 Å². The zero-order chi connectivity index (χ0) is 30.2. The monoisotopic (exact) mass is 599 g/mol. The Morgan fingerprint density at radius 1 is 0.767 bits per heavy atom. The highest BCUT2D eigenvalue weighted by molar-refractivity contribution is 7.88. The summed E-state index contributed by atoms with van der Waals surface area (Å²) in [7, 11) is -3.76. The molecule has 0 fully saturated rings. The van der Waals surface area contributed by atoms with Gasteiger partial charge in [-0.05, 0) is 34.4 Å². The number of fused-ring (bicyclic) bond motifs is 1. The van der Waals surface area contributed by atoms with E-state index in [0.717, 1.165) is 27.3 Å². The lowest BCUT2D eigenvalue weighted by molar-refractivity contribution is -0.141. The van der Waals surface area contributed by atoms with Crippen LogP contribution in [0.15, 0.2) is 109 Å². The van der Waals surface area contributed by atoms with E-state index in [2.05, 4.69) is 5.32 Å². The maximum absolute atomic E-state index is 14.1. The number of carbonyl (C=O) groups is 2. The summed E-state index contributed by atoms with van der Waals surface area (Å²) in [4.78, 5) is 29.5. The van der Waals surface area contributed by atoms with E-state index >= 15 is 0 Å². The van der Waals surface area contributed by atoms with Gasteiger partial charge in [0.15, 0.2) is 11.5 Å². The van der Waals surface area contributed by atoms with Crippen LogP contribution in [0.5, 0.6) is 11.5 Å². The number of ether oxygens (including phenoxy) is 2. The normalized spacial score (nSPS) is 13.0. The van der Waals surface area contributed by atoms with Gasteiger partial charge in [0.2, 0.25) is 28.6 Å². The van der Waals surface area contributed by atoms with Gasteiger partial charge in [0.05, 0.1) is 12.8 Å². The van der Waals surface area contributed by atoms with Gasteiger partial charge in [0.1, 0.15) is 6.04 Å². The maximum Gasteiger partial charge on any atom is 0.247 e. The molecule has 1 heterocycles. The molecule has 2 amide bonds. The van der Waals surface area contributed by atoms with Crippen molar-refractivity contribution < 1.29 is 27.5 Å². The highest BCUT2D eigenvalue weighted by Crippen LogP contribution is 2.32. The Labute approximate surface area is 251 Å². The van der Waals surface area contributed by atoms with Gasteiger partial charge in [0.25, 0.3) is 0 Å². The summed E-state index contributed by atoms with van der Waals surface area (Å²) in [6, 6.07) is 31.8. The van der Waals surface area contributed by atoms with E-state index in [4.69, 9.17) is 9.47 Å². The standard InChI is InChI=1S/C33H33N3O6S/c1-43(39,40)35(21-25-11-5-2-6-12-25)23-31(37)36(22-26-13-7-3-8-14-26)32(28-15-9-4-10-16-28)33(38)34-20-27-17-18-29-30(19-27)42-24-41-29/h2-19,32H,20-24H2,1H3,(H,34,38). The molecule has 1 aliphatic heterocycles. The molecule has 10 heteroatoms. The van der Waals surface area contributed by atoms with E-state index in [-0.39, 0.29) is 26.4 Å². The number of nitrogens with zero attached hydrogens (tertiary/aromatic N) is 2. The lowest BCUT2D eigenvalue weighted by atomic mass is 10.0. The average molecular weight is 600 g/mol. The van der Waals surface area contributed by atoms with Gasteiger partial charge in [0, 0.05) is 19.6 Å². The van der Waals surface area contributed by atoms with Gasteiger partial charge in [-0.15, -0.1) is 0 Å². The predicted molar refractivity (Wildman–Crippen MR) is 162 cm³/mol. The molecule has 9 nitrogen and oxygen atoms in total. The van der Waals surface area contributed by atoms with Crippen LogP contribution in [0.25, 0.3) is 0 Å². The van der Waals surface area contributed by atoms with Crippen molar-refractivity contribution in [3.8, 4) is 11.5 Å². The van der Waals surface area contributed by atoms with Crippen LogP contribution in [-0.2, 0) is 39.2 Å². The van der Waals surface area contributed by atoms with Crippen LogP contribution in [0.2, 0.25) is 0 Å². The summed E-state index contributed by atoms with van der Waals surface area (Å²) in [5.74, 6) is 0.341. The van der Waals surface area contributed by atoms with E-state index < -0.39 is 34.4 Å². The molecule has 0 aromatic heterocycles. The molecule has 1 aliphatic rings. The number of hydrogen-bond donors (Lipinski definition) is 1. The van der Waals surface area contributed by atoms with Crippen molar-refractivity contribution in [2.45, 2.75) is 25.7 Å². The molecule has 222 valence electrons. The van der Waals surface area contributed by atoms with Crippen molar-refractivity contribution >= 4 is 21.8 Å². The molecule has 4 aromatic rings. The second-order valence-corrected chi connectivity index (χ2v) is 12.2. The van der Waals surface area contributed by atoms with Crippen LogP contribution in [0.3, 0.4) is 0 Å². The van der Waals surface area contributed by atoms with Crippen molar-refractivity contribution in [3.05, 3.63) is 131 Å². The summed E-state index contributed by atoms with van der Waals surface area (Å²) in [6.07, 6.45) is 1.08. The molecule has 0 spiro atoms. The second-order valence-electron chi connectivity index (χ2n) is 10.2. The van der Waals surface area contributed by atoms with E-state index in [1.807, 2.05) is 60.7 Å². The Morgan fingerprint density at radius 3 is 1.98 bits per heavy atom. The topological polar surface area (TPSA) is 105 Å². The number of hydrogen-bond acceptors (Lipinski definition) is 6. The first-order chi connectivity index (χ1) is 20.8. The lowest BCUT2D eigenvalue weighted by Gasteiger charge is -2.33. The first-order valence-electron chi connectivity index (χ1n) is 13.8. The van der Waals surface area contributed by atoms with E-state index in [1.165, 1.54) is 4.90 Å². The lowest BCUT2D eigenvalue weighted by Crippen LogP contribution is -2.47. The molecule has 1 N–H and O–H groups in total. The quantitative estimate of drug-likeness (QED) is 0.261. The van der Waals surface area contributed by atoms with Gasteiger partial charge in [-0.2, -0.15) is 4.31 Å². The van der Waals surface area contributed by atoms with E-state index in [1.54, 1.807) is 48.5 Å². The van der Waals surface area contributed by atoms with Gasteiger partial charge in [-0.1, -0.05) is 97.1 Å². The number of rotatable bonds is 12. The van der Waals surface area contributed by atoms with Gasteiger partial charge < -0.3 is 19.7 Å². The fourth-order valence-electron chi connectivity index (χ4n) is 4.87. The van der Waals surface area contributed by atoms with Crippen molar-refractivity contribution in [2.24, 2.45) is 0 Å². The molecular formula is C33H33N3O6S. The van der Waals surface area contributed by atoms with Crippen LogP contribution in [0.1, 0.15) is 28.3 Å². The van der Waals surface area contributed by atoms with Gasteiger partial charge in [-0.3, -0.25) is 9.59 Å². The molecule has 0 saturated carbocycles. The van der Waals surface area contributed by atoms with Crippen LogP contribution in [0, 0.1) is 0 Å². The maximum atomic E-state index is 14.1. The van der Waals surface area contributed by atoms with E-state index in [0.29, 0.717) is 17.1 Å². The largest absolute Gasteiger partial charge is 0.454 e. The summed E-state index contributed by atoms with van der Waals surface area (Å²) >= 11 is 0. The molecule has 5 rings (SSSR count). The SMILES string of the molecule is CS(=O)(=O)N(CC(=O)N(Cc1ccccc1)C(C(=O)NCc1ccc2c(c1)OCO2)c1ccccc1)Cc1ccccc1. The number of nitrogens with one attached hydrogen (secondary N) is 1. The molecule has 0 radical (unpaired) electrons. The highest BCUT2D eigenvalue weighted by atomic mass is 32.2. The molecular weight excluding hydrogens is 566 g/mol. The van der Waals surface area contributed by atoms with E-state index in [9.17, 15) is 18.0 Å². The molecule has 43 heavy (non-hydrogen) atoms. The molecule has 4 aromatic carbocycles. The minimum absolute atomic E-state index is 0.0247. The zero-order valence-corrected chi connectivity index (χ0v) is 24.6. The Hall–Kier alpha value is -4.67. The Bertz CT molecular complexity index is 1650. The molecule has 0 aliphatic carbocycles. The fraction of sp³-hybridized carbons (Fsp3) is 0.212. The first-order valence-corrected chi connectivity index (χ1v) is 15.7. The Morgan fingerprint density at radius 2 is 1.35 bits per heavy atom. The molecule has 1 atom stereocenters. The predicted octanol–water partition coefficient (Wildman–Crippen LogP) is 4.26.